The fraction of sp³-hybridized carbons (Fsp3) is 0.0909. The summed E-state index contributed by atoms with van der Waals surface area (Å²) < 4.78 is 82.7. The molecule has 0 spiro atoms. The average molecular weight is 324 g/mol. The molecule has 1 aromatic carbocycles. The first-order valence-electron chi connectivity index (χ1n) is 5.41. The van der Waals surface area contributed by atoms with Crippen molar-refractivity contribution in [2.75, 3.05) is 4.72 Å². The molecule has 3 N–H and O–H groups in total. The largest absolute Gasteiger partial charge is 0.446 e. The van der Waals surface area contributed by atoms with Crippen LogP contribution in [0.3, 0.4) is 0 Å². The first-order valence-corrected chi connectivity index (χ1v) is 6.89. The van der Waals surface area contributed by atoms with E-state index < -0.39 is 44.1 Å². The molecule has 2 aromatic rings. The number of benzene rings is 1. The van der Waals surface area contributed by atoms with E-state index in [0.717, 1.165) is 6.07 Å². The number of halogens is 4. The smallest absolute Gasteiger partial charge is 0.295 e. The molecule has 0 radical (unpaired) electrons. The van der Waals surface area contributed by atoms with Gasteiger partial charge in [0.1, 0.15) is 11.4 Å². The van der Waals surface area contributed by atoms with E-state index in [1.54, 1.807) is 0 Å². The number of nitrogens with one attached hydrogen (secondary N) is 1. The molecule has 5 nitrogen and oxygen atoms in total. The second kappa shape index (κ2) is 5.37. The number of rotatable bonds is 4. The minimum absolute atomic E-state index is 0.0398. The lowest BCUT2D eigenvalue weighted by Gasteiger charge is -2.09. The maximum Gasteiger partial charge on any atom is 0.295 e. The zero-order chi connectivity index (χ0) is 15.8. The minimum atomic E-state index is -4.57. The van der Waals surface area contributed by atoms with Gasteiger partial charge in [0.2, 0.25) is 5.09 Å². The molecule has 0 saturated heterocycles. The van der Waals surface area contributed by atoms with Crippen LogP contribution in [-0.4, -0.2) is 8.42 Å². The van der Waals surface area contributed by atoms with Gasteiger partial charge in [0.15, 0.2) is 23.3 Å². The van der Waals surface area contributed by atoms with Gasteiger partial charge < -0.3 is 10.2 Å². The van der Waals surface area contributed by atoms with Crippen molar-refractivity contribution in [1.82, 2.24) is 0 Å². The number of sulfonamides is 1. The van der Waals surface area contributed by atoms with Crippen molar-refractivity contribution in [1.29, 1.82) is 0 Å². The van der Waals surface area contributed by atoms with Crippen LogP contribution in [0.4, 0.5) is 23.2 Å². The van der Waals surface area contributed by atoms with Crippen LogP contribution >= 0.6 is 0 Å². The van der Waals surface area contributed by atoms with Gasteiger partial charge in [0, 0.05) is 6.07 Å². The maximum absolute atomic E-state index is 13.4. The Morgan fingerprint density at radius 1 is 1.10 bits per heavy atom. The molecule has 1 aromatic heterocycles. The Balaban J connectivity index is 2.46. The highest BCUT2D eigenvalue weighted by molar-refractivity contribution is 7.92. The fourth-order valence-electron chi connectivity index (χ4n) is 1.46. The first-order chi connectivity index (χ1) is 9.76. The summed E-state index contributed by atoms with van der Waals surface area (Å²) in [6.07, 6.45) is 0. The molecule has 10 heteroatoms. The molecule has 0 fully saturated rings. The van der Waals surface area contributed by atoms with E-state index >= 15 is 0 Å². The molecule has 0 atom stereocenters. The van der Waals surface area contributed by atoms with Gasteiger partial charge in [-0.3, -0.25) is 4.72 Å². The Bertz CT molecular complexity index is 763. The standard InChI is InChI=1S/C11H8F4N2O3S/c12-6-3-7(13)10(15)11(9(6)14)17-21(18,19)8-2-1-5(4-16)20-8/h1-3,17H,4,16H2. The fourth-order valence-corrected chi connectivity index (χ4v) is 2.47. The maximum atomic E-state index is 13.4. The lowest BCUT2D eigenvalue weighted by molar-refractivity contribution is 0.416. The van der Waals surface area contributed by atoms with Crippen molar-refractivity contribution in [3.63, 3.8) is 0 Å². The molecule has 0 saturated carbocycles. The van der Waals surface area contributed by atoms with Crippen molar-refractivity contribution in [2.45, 2.75) is 11.6 Å². The summed E-state index contributed by atoms with van der Waals surface area (Å²) in [7, 11) is -4.57. The number of hydrogen-bond donors (Lipinski definition) is 2. The van der Waals surface area contributed by atoms with Crippen LogP contribution < -0.4 is 10.5 Å². The van der Waals surface area contributed by atoms with Gasteiger partial charge >= 0.3 is 0 Å². The molecule has 0 unspecified atom stereocenters. The van der Waals surface area contributed by atoms with Gasteiger partial charge in [0.05, 0.1) is 6.54 Å². The lowest BCUT2D eigenvalue weighted by atomic mass is 10.3. The van der Waals surface area contributed by atoms with Crippen LogP contribution in [0, 0.1) is 23.3 Å². The van der Waals surface area contributed by atoms with Gasteiger partial charge in [-0.2, -0.15) is 8.42 Å². The van der Waals surface area contributed by atoms with Crippen LogP contribution in [0.5, 0.6) is 0 Å². The summed E-state index contributed by atoms with van der Waals surface area (Å²) in [5.41, 5.74) is 3.74. The van der Waals surface area contributed by atoms with E-state index in [4.69, 9.17) is 10.2 Å². The number of anilines is 1. The Morgan fingerprint density at radius 3 is 2.14 bits per heavy atom. The minimum Gasteiger partial charge on any atom is -0.446 e. The van der Waals surface area contributed by atoms with E-state index in [1.807, 2.05) is 0 Å². The van der Waals surface area contributed by atoms with E-state index in [0.29, 0.717) is 0 Å². The predicted octanol–water partition coefficient (Wildman–Crippen LogP) is 2.10. The second-order valence-corrected chi connectivity index (χ2v) is 5.49. The highest BCUT2D eigenvalue weighted by atomic mass is 32.2. The predicted molar refractivity (Wildman–Crippen MR) is 63.7 cm³/mol. The number of furan rings is 1. The first kappa shape index (κ1) is 15.3. The highest BCUT2D eigenvalue weighted by Crippen LogP contribution is 2.27. The third-order valence-corrected chi connectivity index (χ3v) is 3.67. The van der Waals surface area contributed by atoms with Gasteiger partial charge in [-0.1, -0.05) is 0 Å². The van der Waals surface area contributed by atoms with E-state index in [1.165, 1.54) is 10.8 Å². The average Bonchev–Trinajstić information content (AvgIpc) is 2.91. The van der Waals surface area contributed by atoms with Crippen LogP contribution in [0.2, 0.25) is 0 Å². The van der Waals surface area contributed by atoms with Crippen LogP contribution in [0.15, 0.2) is 27.7 Å². The van der Waals surface area contributed by atoms with Gasteiger partial charge in [-0.25, -0.2) is 17.6 Å². The van der Waals surface area contributed by atoms with Crippen LogP contribution in [0.25, 0.3) is 0 Å². The summed E-state index contributed by atoms with van der Waals surface area (Å²) in [6, 6.07) is 2.17. The Hall–Kier alpha value is -2.07. The van der Waals surface area contributed by atoms with E-state index in [-0.39, 0.29) is 18.4 Å². The monoisotopic (exact) mass is 324 g/mol. The third kappa shape index (κ3) is 2.85. The van der Waals surface area contributed by atoms with Crippen molar-refractivity contribution in [3.8, 4) is 0 Å². The number of nitrogens with two attached hydrogens (primary N) is 1. The topological polar surface area (TPSA) is 85.3 Å². The highest BCUT2D eigenvalue weighted by Gasteiger charge is 2.26. The van der Waals surface area contributed by atoms with Crippen LogP contribution in [-0.2, 0) is 16.6 Å². The van der Waals surface area contributed by atoms with Crippen molar-refractivity contribution >= 4 is 15.7 Å². The zero-order valence-corrected chi connectivity index (χ0v) is 11.0. The van der Waals surface area contributed by atoms with Gasteiger partial charge in [-0.05, 0) is 12.1 Å². The van der Waals surface area contributed by atoms with Crippen molar-refractivity contribution in [3.05, 3.63) is 47.2 Å². The molecule has 0 aliphatic rings. The summed E-state index contributed by atoms with van der Waals surface area (Å²) >= 11 is 0. The summed E-state index contributed by atoms with van der Waals surface area (Å²) in [6.45, 7) is -0.104. The zero-order valence-electron chi connectivity index (χ0n) is 10.2. The summed E-state index contributed by atoms with van der Waals surface area (Å²) in [4.78, 5) is 0. The van der Waals surface area contributed by atoms with Crippen molar-refractivity contribution < 1.29 is 30.4 Å². The Morgan fingerprint density at radius 2 is 1.67 bits per heavy atom. The lowest BCUT2D eigenvalue weighted by Crippen LogP contribution is -2.16. The van der Waals surface area contributed by atoms with Crippen LogP contribution in [0.1, 0.15) is 5.76 Å². The summed E-state index contributed by atoms with van der Waals surface area (Å²) in [5.74, 6) is -7.13. The molecule has 0 aliphatic carbocycles. The molecule has 0 aliphatic heterocycles. The molecule has 0 amide bonds. The van der Waals surface area contributed by atoms with Crippen molar-refractivity contribution in [2.24, 2.45) is 5.73 Å². The molecule has 0 bridgehead atoms. The normalized spacial score (nSPS) is 11.7. The van der Waals surface area contributed by atoms with E-state index in [9.17, 15) is 26.0 Å². The SMILES string of the molecule is NCc1ccc(S(=O)(=O)Nc2c(F)c(F)cc(F)c2F)o1. The quantitative estimate of drug-likeness (QED) is 0.666. The Kier molecular flexibility index (Phi) is 3.92. The molecule has 1 heterocycles. The van der Waals surface area contributed by atoms with Gasteiger partial charge in [0.25, 0.3) is 10.0 Å². The second-order valence-electron chi connectivity index (χ2n) is 3.87. The molecule has 21 heavy (non-hydrogen) atoms. The Labute approximate surface area is 116 Å². The summed E-state index contributed by atoms with van der Waals surface area (Å²) in [5, 5.41) is -0.702. The van der Waals surface area contributed by atoms with Gasteiger partial charge in [-0.15, -0.1) is 0 Å². The molecule has 2 rings (SSSR count). The molecule has 114 valence electrons. The number of hydrogen-bond acceptors (Lipinski definition) is 4. The van der Waals surface area contributed by atoms with E-state index in [2.05, 4.69) is 0 Å². The molecular weight excluding hydrogens is 316 g/mol. The third-order valence-electron chi connectivity index (χ3n) is 2.45. The molecular formula is C11H8F4N2O3S.